The van der Waals surface area contributed by atoms with Crippen LogP contribution in [0.4, 0.5) is 0 Å². The van der Waals surface area contributed by atoms with Crippen molar-refractivity contribution >= 4 is 31.5 Å². The van der Waals surface area contributed by atoms with Gasteiger partial charge in [0.15, 0.2) is 11.6 Å². The van der Waals surface area contributed by atoms with Gasteiger partial charge in [0, 0.05) is 54.8 Å². The zero-order valence-electron chi connectivity index (χ0n) is 23.9. The van der Waals surface area contributed by atoms with E-state index in [1.807, 2.05) is 54.6 Å². The monoisotopic (exact) mass is 593 g/mol. The summed E-state index contributed by atoms with van der Waals surface area (Å²) in [5.41, 5.74) is 8.24. The van der Waals surface area contributed by atoms with Gasteiger partial charge in [0.2, 0.25) is 0 Å². The highest BCUT2D eigenvalue weighted by Crippen LogP contribution is 2.42. The molecule has 0 unspecified atom stereocenters. The third kappa shape index (κ3) is 5.02. The van der Waals surface area contributed by atoms with E-state index in [1.165, 1.54) is 14.8 Å². The van der Waals surface area contributed by atoms with Crippen molar-refractivity contribution < 1.29 is 0 Å². The molecule has 0 aliphatic rings. The molecule has 0 fully saturated rings. The van der Waals surface area contributed by atoms with E-state index in [9.17, 15) is 5.26 Å². The highest BCUT2D eigenvalue weighted by Gasteiger charge is 2.18. The topological polar surface area (TPSA) is 75.3 Å². The molecule has 0 saturated carbocycles. The number of benzene rings is 5. The van der Waals surface area contributed by atoms with Crippen molar-refractivity contribution in [2.75, 3.05) is 0 Å². The molecular formula is C39H23N5S. The Morgan fingerprint density at radius 1 is 0.511 bits per heavy atom. The lowest BCUT2D eigenvalue weighted by Crippen LogP contribution is -1.97. The van der Waals surface area contributed by atoms with E-state index in [0.717, 1.165) is 50.2 Å². The second kappa shape index (κ2) is 11.2. The Balaban J connectivity index is 1.37. The summed E-state index contributed by atoms with van der Waals surface area (Å²) in [7, 11) is 0. The lowest BCUT2D eigenvalue weighted by Gasteiger charge is -2.12. The molecule has 6 heteroatoms. The third-order valence-corrected chi connectivity index (χ3v) is 8.98. The van der Waals surface area contributed by atoms with Crippen molar-refractivity contribution in [3.8, 4) is 62.5 Å². The first-order valence-electron chi connectivity index (χ1n) is 14.5. The molecule has 5 nitrogen and oxygen atoms in total. The van der Waals surface area contributed by atoms with Crippen LogP contribution < -0.4 is 0 Å². The summed E-state index contributed by atoms with van der Waals surface area (Å²) >= 11 is 1.79. The molecule has 3 heterocycles. The number of hydrogen-bond acceptors (Lipinski definition) is 6. The van der Waals surface area contributed by atoms with Crippen molar-refractivity contribution in [2.24, 2.45) is 0 Å². The minimum Gasteiger partial charge on any atom is -0.237 e. The van der Waals surface area contributed by atoms with Crippen LogP contribution >= 0.6 is 11.3 Å². The van der Waals surface area contributed by atoms with E-state index >= 15 is 0 Å². The van der Waals surface area contributed by atoms with Gasteiger partial charge in [0.05, 0.1) is 23.0 Å². The van der Waals surface area contributed by atoms with E-state index in [4.69, 9.17) is 9.97 Å². The van der Waals surface area contributed by atoms with E-state index in [2.05, 4.69) is 88.8 Å². The predicted molar refractivity (Wildman–Crippen MR) is 182 cm³/mol. The van der Waals surface area contributed by atoms with Crippen molar-refractivity contribution in [3.63, 3.8) is 0 Å². The van der Waals surface area contributed by atoms with Gasteiger partial charge < -0.3 is 0 Å². The first-order chi connectivity index (χ1) is 22.2. The van der Waals surface area contributed by atoms with Gasteiger partial charge in [-0.15, -0.1) is 11.3 Å². The van der Waals surface area contributed by atoms with Gasteiger partial charge in [-0.25, -0.2) is 19.9 Å². The number of aromatic nitrogens is 4. The Morgan fingerprint density at radius 3 is 1.87 bits per heavy atom. The molecule has 0 atom stereocenters. The fourth-order valence-electron chi connectivity index (χ4n) is 5.65. The Bertz CT molecular complexity index is 2360. The fourth-order valence-corrected chi connectivity index (χ4v) is 6.82. The average molecular weight is 594 g/mol. The van der Waals surface area contributed by atoms with Crippen LogP contribution in [0, 0.1) is 11.3 Å². The molecule has 45 heavy (non-hydrogen) atoms. The Morgan fingerprint density at radius 2 is 1.16 bits per heavy atom. The fraction of sp³-hybridized carbons (Fsp3) is 0. The summed E-state index contributed by atoms with van der Waals surface area (Å²) in [6.45, 7) is 0. The van der Waals surface area contributed by atoms with Crippen LogP contribution in [0.3, 0.4) is 0 Å². The van der Waals surface area contributed by atoms with Crippen LogP contribution in [0.25, 0.3) is 76.6 Å². The zero-order chi connectivity index (χ0) is 30.2. The Kier molecular flexibility index (Phi) is 6.64. The SMILES string of the molecule is N#Cc1ccc(-c2cc(-c3ccc(-c4ncccn4)cc3)nc(-c3cc(-c4ccccc4)cc4sc5ccccc5c34)n2)cc1. The summed E-state index contributed by atoms with van der Waals surface area (Å²) in [5.74, 6) is 1.32. The van der Waals surface area contributed by atoms with Gasteiger partial charge in [-0.1, -0.05) is 84.9 Å². The third-order valence-electron chi connectivity index (χ3n) is 7.87. The molecule has 0 N–H and O–H groups in total. The molecule has 0 bridgehead atoms. The smallest absolute Gasteiger partial charge is 0.161 e. The zero-order valence-corrected chi connectivity index (χ0v) is 24.7. The Labute approximate surface area is 263 Å². The Hall–Kier alpha value is -6.03. The maximum atomic E-state index is 9.39. The van der Waals surface area contributed by atoms with Crippen LogP contribution in [0.5, 0.6) is 0 Å². The lowest BCUT2D eigenvalue weighted by molar-refractivity contribution is 1.17. The van der Waals surface area contributed by atoms with Crippen molar-refractivity contribution in [3.05, 3.63) is 145 Å². The van der Waals surface area contributed by atoms with Gasteiger partial charge in [-0.05, 0) is 53.6 Å². The minimum atomic E-state index is 0.606. The number of thiophene rings is 1. The first-order valence-corrected chi connectivity index (χ1v) is 15.3. The number of nitriles is 1. The molecule has 0 radical (unpaired) electrons. The normalized spacial score (nSPS) is 11.1. The van der Waals surface area contributed by atoms with Crippen LogP contribution in [-0.4, -0.2) is 19.9 Å². The summed E-state index contributed by atoms with van der Waals surface area (Å²) in [5, 5.41) is 11.7. The number of hydrogen-bond donors (Lipinski definition) is 0. The van der Waals surface area contributed by atoms with Crippen LogP contribution in [-0.2, 0) is 0 Å². The van der Waals surface area contributed by atoms with Gasteiger partial charge in [-0.2, -0.15) is 5.26 Å². The molecule has 0 saturated heterocycles. The van der Waals surface area contributed by atoms with Crippen LogP contribution in [0.2, 0.25) is 0 Å². The highest BCUT2D eigenvalue weighted by molar-refractivity contribution is 7.26. The quantitative estimate of drug-likeness (QED) is 0.199. The minimum absolute atomic E-state index is 0.606. The van der Waals surface area contributed by atoms with Crippen molar-refractivity contribution in [2.45, 2.75) is 0 Å². The highest BCUT2D eigenvalue weighted by atomic mass is 32.1. The number of fused-ring (bicyclic) bond motifs is 3. The molecule has 8 aromatic rings. The van der Waals surface area contributed by atoms with Crippen molar-refractivity contribution in [1.82, 2.24) is 19.9 Å². The molecule has 0 aliphatic heterocycles. The van der Waals surface area contributed by atoms with Gasteiger partial charge >= 0.3 is 0 Å². The molecular weight excluding hydrogens is 571 g/mol. The molecule has 0 amide bonds. The van der Waals surface area contributed by atoms with Gasteiger partial charge in [0.25, 0.3) is 0 Å². The van der Waals surface area contributed by atoms with Gasteiger partial charge in [0.1, 0.15) is 0 Å². The first kappa shape index (κ1) is 26.6. The molecule has 8 rings (SSSR count). The van der Waals surface area contributed by atoms with E-state index in [-0.39, 0.29) is 0 Å². The number of nitrogens with zero attached hydrogens (tertiary/aromatic N) is 5. The molecule has 0 aliphatic carbocycles. The van der Waals surface area contributed by atoms with Gasteiger partial charge in [-0.3, -0.25) is 0 Å². The number of rotatable bonds is 5. The summed E-state index contributed by atoms with van der Waals surface area (Å²) < 4.78 is 2.41. The molecule has 3 aromatic heterocycles. The summed E-state index contributed by atoms with van der Waals surface area (Å²) in [4.78, 5) is 19.2. The maximum absolute atomic E-state index is 9.39. The second-order valence-corrected chi connectivity index (χ2v) is 11.7. The summed E-state index contributed by atoms with van der Waals surface area (Å²) in [6, 6.07) is 45.2. The standard InChI is InChI=1S/C39H23N5S/c40-24-25-11-13-27(14-12-25)33-23-34(28-15-17-29(18-16-28)38-41-19-6-20-42-38)44-39(43-33)32-21-30(26-7-2-1-3-8-26)22-36-37(32)31-9-4-5-10-35(31)45-36/h1-23H. The average Bonchev–Trinajstić information content (AvgIpc) is 3.50. The van der Waals surface area contributed by atoms with Crippen molar-refractivity contribution in [1.29, 1.82) is 5.26 Å². The molecule has 0 spiro atoms. The van der Waals surface area contributed by atoms with Crippen LogP contribution in [0.1, 0.15) is 5.56 Å². The molecule has 5 aromatic carbocycles. The van der Waals surface area contributed by atoms with E-state index in [0.29, 0.717) is 17.2 Å². The van der Waals surface area contributed by atoms with Crippen LogP contribution in [0.15, 0.2) is 140 Å². The lowest BCUT2D eigenvalue weighted by atomic mass is 9.98. The second-order valence-electron chi connectivity index (χ2n) is 10.7. The maximum Gasteiger partial charge on any atom is 0.161 e. The van der Waals surface area contributed by atoms with E-state index < -0.39 is 0 Å². The predicted octanol–water partition coefficient (Wildman–Crippen LogP) is 9.84. The largest absolute Gasteiger partial charge is 0.237 e. The molecule has 210 valence electrons. The summed E-state index contributed by atoms with van der Waals surface area (Å²) in [6.07, 6.45) is 3.49. The van der Waals surface area contributed by atoms with E-state index in [1.54, 1.807) is 23.7 Å².